The minimum Gasteiger partial charge on any atom is -0.368 e. The van der Waals surface area contributed by atoms with Crippen LogP contribution in [0.25, 0.3) is 0 Å². The number of carbonyl (C=O) groups is 1. The Morgan fingerprint density at radius 2 is 2.12 bits per heavy atom. The van der Waals surface area contributed by atoms with Crippen LogP contribution in [0.3, 0.4) is 0 Å². The summed E-state index contributed by atoms with van der Waals surface area (Å²) in [5.41, 5.74) is 2.78. The quantitative estimate of drug-likeness (QED) is 0.759. The molecule has 0 atom stereocenters. The summed E-state index contributed by atoms with van der Waals surface area (Å²) in [6, 6.07) is 3.75. The summed E-state index contributed by atoms with van der Waals surface area (Å²) in [5, 5.41) is 6.07. The van der Waals surface area contributed by atoms with Gasteiger partial charge in [-0.2, -0.15) is 0 Å². The van der Waals surface area contributed by atoms with Gasteiger partial charge in [0.15, 0.2) is 0 Å². The lowest BCUT2D eigenvalue weighted by Gasteiger charge is -2.13. The van der Waals surface area contributed by atoms with Crippen LogP contribution in [0, 0.1) is 0 Å². The number of pyridine rings is 1. The number of rotatable bonds is 7. The number of anilines is 1. The zero-order valence-corrected chi connectivity index (χ0v) is 14.2. The smallest absolute Gasteiger partial charge is 0.271 e. The number of hydrogen-bond donors (Lipinski definition) is 2. The molecule has 1 aliphatic rings. The molecule has 2 aromatic rings. The van der Waals surface area contributed by atoms with E-state index in [-0.39, 0.29) is 5.91 Å². The van der Waals surface area contributed by atoms with Gasteiger partial charge in [-0.25, -0.2) is 9.97 Å². The first-order chi connectivity index (χ1) is 12.3. The van der Waals surface area contributed by atoms with Crippen molar-refractivity contribution in [2.75, 3.05) is 11.9 Å². The van der Waals surface area contributed by atoms with Crippen LogP contribution in [0.15, 0.2) is 48.6 Å². The summed E-state index contributed by atoms with van der Waals surface area (Å²) in [6.07, 6.45) is 15.0. The third-order valence-electron chi connectivity index (χ3n) is 4.20. The molecule has 1 aliphatic carbocycles. The fourth-order valence-corrected chi connectivity index (χ4v) is 2.80. The van der Waals surface area contributed by atoms with Crippen LogP contribution in [0.5, 0.6) is 0 Å². The van der Waals surface area contributed by atoms with Gasteiger partial charge in [0.25, 0.3) is 5.91 Å². The summed E-state index contributed by atoms with van der Waals surface area (Å²) in [4.78, 5) is 24.6. The maximum Gasteiger partial charge on any atom is 0.271 e. The standard InChI is InChI=1S/C19H23N5O/c25-19(24-12-16-7-4-9-20-11-16)17-13-23-18(14-22-17)21-10-8-15-5-2-1-3-6-15/h4-5,7,9,11,13-14H,1-3,6,8,10,12H2,(H,21,23)(H,24,25). The maximum atomic E-state index is 12.1. The van der Waals surface area contributed by atoms with E-state index in [0.717, 1.165) is 18.5 Å². The van der Waals surface area contributed by atoms with Gasteiger partial charge in [-0.05, 0) is 43.7 Å². The van der Waals surface area contributed by atoms with E-state index < -0.39 is 0 Å². The molecule has 2 aromatic heterocycles. The third kappa shape index (κ3) is 5.38. The molecule has 2 heterocycles. The Morgan fingerprint density at radius 1 is 1.16 bits per heavy atom. The Morgan fingerprint density at radius 3 is 2.84 bits per heavy atom. The zero-order chi connectivity index (χ0) is 17.3. The van der Waals surface area contributed by atoms with Gasteiger partial charge in [0.1, 0.15) is 11.5 Å². The normalized spacial score (nSPS) is 13.8. The molecule has 2 N–H and O–H groups in total. The molecule has 0 aliphatic heterocycles. The summed E-state index contributed by atoms with van der Waals surface area (Å²) in [7, 11) is 0. The molecule has 0 unspecified atom stereocenters. The van der Waals surface area contributed by atoms with Gasteiger partial charge in [-0.1, -0.05) is 17.7 Å². The van der Waals surface area contributed by atoms with Crippen molar-refractivity contribution in [2.45, 2.75) is 38.6 Å². The molecule has 0 bridgehead atoms. The van der Waals surface area contributed by atoms with E-state index in [1.165, 1.54) is 37.5 Å². The second-order valence-corrected chi connectivity index (χ2v) is 6.12. The Labute approximate surface area is 147 Å². The van der Waals surface area contributed by atoms with E-state index in [2.05, 4.69) is 31.7 Å². The van der Waals surface area contributed by atoms with Crippen LogP contribution in [0.4, 0.5) is 5.82 Å². The van der Waals surface area contributed by atoms with Gasteiger partial charge in [-0.3, -0.25) is 9.78 Å². The van der Waals surface area contributed by atoms with Crippen LogP contribution in [-0.2, 0) is 6.54 Å². The molecule has 25 heavy (non-hydrogen) atoms. The van der Waals surface area contributed by atoms with Crippen molar-refractivity contribution in [1.82, 2.24) is 20.3 Å². The van der Waals surface area contributed by atoms with E-state index in [9.17, 15) is 4.79 Å². The van der Waals surface area contributed by atoms with Crippen molar-refractivity contribution in [2.24, 2.45) is 0 Å². The summed E-state index contributed by atoms with van der Waals surface area (Å²) < 4.78 is 0. The molecule has 3 rings (SSSR count). The van der Waals surface area contributed by atoms with Crippen molar-refractivity contribution in [3.63, 3.8) is 0 Å². The highest BCUT2D eigenvalue weighted by molar-refractivity contribution is 5.91. The van der Waals surface area contributed by atoms with E-state index in [1.807, 2.05) is 12.1 Å². The highest BCUT2D eigenvalue weighted by atomic mass is 16.1. The predicted molar refractivity (Wildman–Crippen MR) is 97.1 cm³/mol. The lowest BCUT2D eigenvalue weighted by molar-refractivity contribution is 0.0945. The molecule has 0 saturated carbocycles. The van der Waals surface area contributed by atoms with Crippen molar-refractivity contribution >= 4 is 11.7 Å². The van der Waals surface area contributed by atoms with Crippen LogP contribution in [-0.4, -0.2) is 27.4 Å². The highest BCUT2D eigenvalue weighted by Crippen LogP contribution is 2.19. The number of nitrogens with zero attached hydrogens (tertiary/aromatic N) is 3. The zero-order valence-electron chi connectivity index (χ0n) is 14.2. The average Bonchev–Trinajstić information content (AvgIpc) is 2.68. The van der Waals surface area contributed by atoms with Crippen molar-refractivity contribution in [3.05, 3.63) is 59.8 Å². The molecular formula is C19H23N5O. The second kappa shape index (κ2) is 8.92. The van der Waals surface area contributed by atoms with Gasteiger partial charge >= 0.3 is 0 Å². The largest absolute Gasteiger partial charge is 0.368 e. The Hall–Kier alpha value is -2.76. The lowest BCUT2D eigenvalue weighted by atomic mass is 9.97. The van der Waals surface area contributed by atoms with Crippen molar-refractivity contribution < 1.29 is 4.79 Å². The third-order valence-corrected chi connectivity index (χ3v) is 4.20. The number of allylic oxidation sites excluding steroid dienone is 1. The lowest BCUT2D eigenvalue weighted by Crippen LogP contribution is -2.24. The number of hydrogen-bond acceptors (Lipinski definition) is 5. The summed E-state index contributed by atoms with van der Waals surface area (Å²) in [5.74, 6) is 0.454. The number of nitrogens with one attached hydrogen (secondary N) is 2. The predicted octanol–water partition coefficient (Wildman–Crippen LogP) is 3.10. The molecule has 1 amide bonds. The molecule has 6 heteroatoms. The van der Waals surface area contributed by atoms with E-state index in [4.69, 9.17) is 0 Å². The first-order valence-corrected chi connectivity index (χ1v) is 8.72. The molecule has 0 aromatic carbocycles. The number of amides is 1. The van der Waals surface area contributed by atoms with E-state index >= 15 is 0 Å². The molecule has 0 fully saturated rings. The van der Waals surface area contributed by atoms with Gasteiger partial charge in [0.2, 0.25) is 0 Å². The fraction of sp³-hybridized carbons (Fsp3) is 0.368. The first kappa shape index (κ1) is 17.1. The molecular weight excluding hydrogens is 314 g/mol. The number of aromatic nitrogens is 3. The summed E-state index contributed by atoms with van der Waals surface area (Å²) >= 11 is 0. The van der Waals surface area contributed by atoms with Gasteiger partial charge < -0.3 is 10.6 Å². The molecule has 0 radical (unpaired) electrons. The molecule has 0 saturated heterocycles. The van der Waals surface area contributed by atoms with Gasteiger partial charge in [-0.15, -0.1) is 0 Å². The Bertz CT molecular complexity index is 712. The van der Waals surface area contributed by atoms with Crippen LogP contribution >= 0.6 is 0 Å². The van der Waals surface area contributed by atoms with Gasteiger partial charge in [0.05, 0.1) is 12.4 Å². The van der Waals surface area contributed by atoms with Crippen molar-refractivity contribution in [1.29, 1.82) is 0 Å². The number of carbonyl (C=O) groups excluding carboxylic acids is 1. The molecule has 6 nitrogen and oxygen atoms in total. The van der Waals surface area contributed by atoms with Crippen LogP contribution < -0.4 is 10.6 Å². The Balaban J connectivity index is 1.44. The Kier molecular flexibility index (Phi) is 6.09. The van der Waals surface area contributed by atoms with Crippen LogP contribution in [0.1, 0.15) is 48.2 Å². The average molecular weight is 337 g/mol. The second-order valence-electron chi connectivity index (χ2n) is 6.12. The molecule has 0 spiro atoms. The summed E-state index contributed by atoms with van der Waals surface area (Å²) in [6.45, 7) is 1.26. The van der Waals surface area contributed by atoms with E-state index in [1.54, 1.807) is 18.6 Å². The molecule has 130 valence electrons. The SMILES string of the molecule is O=C(NCc1cccnc1)c1cnc(NCCC2=CCCCC2)cn1. The maximum absolute atomic E-state index is 12.1. The first-order valence-electron chi connectivity index (χ1n) is 8.72. The fourth-order valence-electron chi connectivity index (χ4n) is 2.80. The topological polar surface area (TPSA) is 79.8 Å². The van der Waals surface area contributed by atoms with Crippen LogP contribution in [0.2, 0.25) is 0 Å². The van der Waals surface area contributed by atoms with Gasteiger partial charge in [0, 0.05) is 25.5 Å². The minimum absolute atomic E-state index is 0.240. The van der Waals surface area contributed by atoms with E-state index in [0.29, 0.717) is 18.1 Å². The highest BCUT2D eigenvalue weighted by Gasteiger charge is 2.08. The minimum atomic E-state index is -0.240. The monoisotopic (exact) mass is 337 g/mol. The van der Waals surface area contributed by atoms with Crippen molar-refractivity contribution in [3.8, 4) is 0 Å².